The molecule has 10 heteroatoms. The van der Waals surface area contributed by atoms with Crippen LogP contribution in [-0.4, -0.2) is 36.2 Å². The third-order valence-corrected chi connectivity index (χ3v) is 6.64. The number of carbonyl (C=O) groups is 3. The number of carbonyl (C=O) groups excluding carboxylic acids is 3. The summed E-state index contributed by atoms with van der Waals surface area (Å²) in [5.74, 6) is -0.230. The lowest BCUT2D eigenvalue weighted by Crippen LogP contribution is -2.27. The van der Waals surface area contributed by atoms with E-state index < -0.39 is 11.9 Å². The lowest BCUT2D eigenvalue weighted by atomic mass is 10.1. The summed E-state index contributed by atoms with van der Waals surface area (Å²) in [6.45, 7) is 0.128. The van der Waals surface area contributed by atoms with Crippen LogP contribution in [0.1, 0.15) is 21.5 Å². The molecule has 0 unspecified atom stereocenters. The van der Waals surface area contributed by atoms with Crippen LogP contribution in [0, 0.1) is 0 Å². The molecule has 4 rings (SSSR count). The molecule has 0 spiro atoms. The topological polar surface area (TPSA) is 82.1 Å². The second kappa shape index (κ2) is 11.1. The molecule has 2 amide bonds. The lowest BCUT2D eigenvalue weighted by Gasteiger charge is -2.13. The van der Waals surface area contributed by atoms with Crippen molar-refractivity contribution in [3.63, 3.8) is 0 Å². The maximum absolute atomic E-state index is 12.9. The number of benzene rings is 3. The number of rotatable bonds is 7. The van der Waals surface area contributed by atoms with E-state index in [-0.39, 0.29) is 33.2 Å². The Kier molecular flexibility index (Phi) is 7.88. The van der Waals surface area contributed by atoms with Gasteiger partial charge >= 0.3 is 5.97 Å². The Hall–Kier alpha value is -3.46. The van der Waals surface area contributed by atoms with Gasteiger partial charge in [-0.25, -0.2) is 4.79 Å². The van der Waals surface area contributed by atoms with Crippen molar-refractivity contribution in [2.45, 2.75) is 6.54 Å². The largest absolute Gasteiger partial charge is 0.497 e. The smallest absolute Gasteiger partial charge is 0.343 e. The molecule has 0 bridgehead atoms. The highest BCUT2D eigenvalue weighted by Gasteiger charge is 2.35. The Balaban J connectivity index is 1.54. The lowest BCUT2D eigenvalue weighted by molar-refractivity contribution is -0.123. The minimum Gasteiger partial charge on any atom is -0.497 e. The van der Waals surface area contributed by atoms with Gasteiger partial charge in [0.05, 0.1) is 36.3 Å². The molecular formula is C26H19Cl2NO6S. The van der Waals surface area contributed by atoms with E-state index in [0.29, 0.717) is 21.9 Å². The molecule has 0 aromatic heterocycles. The van der Waals surface area contributed by atoms with Crippen LogP contribution in [0.3, 0.4) is 0 Å². The molecule has 1 aliphatic rings. The quantitative estimate of drug-likeness (QED) is 0.192. The first-order valence-corrected chi connectivity index (χ1v) is 12.1. The molecule has 1 aliphatic heterocycles. The number of thioether (sulfide) groups is 1. The van der Waals surface area contributed by atoms with Crippen molar-refractivity contribution in [2.24, 2.45) is 0 Å². The predicted octanol–water partition coefficient (Wildman–Crippen LogP) is 6.47. The molecule has 184 valence electrons. The monoisotopic (exact) mass is 543 g/mol. The Labute approximate surface area is 221 Å². The third kappa shape index (κ3) is 5.67. The number of nitrogens with zero attached hydrogens (tertiary/aromatic N) is 1. The fraction of sp³-hybridized carbons (Fsp3) is 0.115. The minimum atomic E-state index is -0.631. The third-order valence-electron chi connectivity index (χ3n) is 5.20. The van der Waals surface area contributed by atoms with Crippen molar-refractivity contribution in [1.82, 2.24) is 4.90 Å². The molecular weight excluding hydrogens is 525 g/mol. The highest BCUT2D eigenvalue weighted by Crippen LogP contribution is 2.39. The van der Waals surface area contributed by atoms with Crippen LogP contribution in [0.25, 0.3) is 6.08 Å². The summed E-state index contributed by atoms with van der Waals surface area (Å²) in [4.78, 5) is 39.4. The minimum absolute atomic E-state index is 0.0352. The second-order valence-corrected chi connectivity index (χ2v) is 9.38. The number of ether oxygens (including phenoxy) is 3. The van der Waals surface area contributed by atoms with Gasteiger partial charge in [0.15, 0.2) is 11.5 Å². The highest BCUT2D eigenvalue weighted by atomic mass is 35.5. The van der Waals surface area contributed by atoms with Crippen LogP contribution in [0.2, 0.25) is 10.0 Å². The summed E-state index contributed by atoms with van der Waals surface area (Å²) in [6, 6.07) is 16.4. The number of halogens is 2. The number of hydrogen-bond acceptors (Lipinski definition) is 7. The molecule has 0 N–H and O–H groups in total. The Morgan fingerprint density at radius 3 is 2.31 bits per heavy atom. The molecule has 7 nitrogen and oxygen atoms in total. The molecule has 36 heavy (non-hydrogen) atoms. The normalized spacial score (nSPS) is 14.3. The molecule has 0 atom stereocenters. The zero-order valence-corrected chi connectivity index (χ0v) is 21.4. The Morgan fingerprint density at radius 1 is 0.972 bits per heavy atom. The van der Waals surface area contributed by atoms with Gasteiger partial charge in [-0.3, -0.25) is 14.5 Å². The summed E-state index contributed by atoms with van der Waals surface area (Å²) >= 11 is 13.1. The first-order chi connectivity index (χ1) is 17.3. The van der Waals surface area contributed by atoms with Crippen LogP contribution >= 0.6 is 35.0 Å². The summed E-state index contributed by atoms with van der Waals surface area (Å²) in [5.41, 5.74) is 1.57. The van der Waals surface area contributed by atoms with E-state index >= 15 is 0 Å². The predicted molar refractivity (Wildman–Crippen MR) is 139 cm³/mol. The maximum Gasteiger partial charge on any atom is 0.343 e. The zero-order chi connectivity index (χ0) is 25.8. The number of amides is 2. The van der Waals surface area contributed by atoms with Crippen LogP contribution in [0.5, 0.6) is 17.2 Å². The molecule has 0 saturated carbocycles. The van der Waals surface area contributed by atoms with Gasteiger partial charge in [-0.15, -0.1) is 0 Å². The SMILES string of the molecule is COc1ccc(C(=O)Oc2c(Cl)cc(/C=C3\SC(=O)N(Cc4ccc(Cl)cc4)C3=O)cc2OC)cc1. The van der Waals surface area contributed by atoms with Gasteiger partial charge in [-0.1, -0.05) is 35.3 Å². The van der Waals surface area contributed by atoms with E-state index in [2.05, 4.69) is 0 Å². The van der Waals surface area contributed by atoms with Gasteiger partial charge in [0, 0.05) is 5.02 Å². The molecule has 1 saturated heterocycles. The van der Waals surface area contributed by atoms with Gasteiger partial charge < -0.3 is 14.2 Å². The van der Waals surface area contributed by atoms with Crippen LogP contribution in [0.15, 0.2) is 65.6 Å². The van der Waals surface area contributed by atoms with Crippen molar-refractivity contribution >= 4 is 58.2 Å². The van der Waals surface area contributed by atoms with Crippen molar-refractivity contribution in [1.29, 1.82) is 0 Å². The van der Waals surface area contributed by atoms with Crippen molar-refractivity contribution in [3.8, 4) is 17.2 Å². The van der Waals surface area contributed by atoms with Crippen LogP contribution in [0.4, 0.5) is 4.79 Å². The van der Waals surface area contributed by atoms with Crippen LogP contribution < -0.4 is 14.2 Å². The molecule has 3 aromatic rings. The van der Waals surface area contributed by atoms with Gasteiger partial charge in [0.2, 0.25) is 0 Å². The maximum atomic E-state index is 12.9. The first kappa shape index (κ1) is 25.6. The highest BCUT2D eigenvalue weighted by molar-refractivity contribution is 8.18. The van der Waals surface area contributed by atoms with Gasteiger partial charge in [0.25, 0.3) is 11.1 Å². The summed E-state index contributed by atoms with van der Waals surface area (Å²) < 4.78 is 15.9. The fourth-order valence-electron chi connectivity index (χ4n) is 3.36. The van der Waals surface area contributed by atoms with Crippen molar-refractivity contribution in [2.75, 3.05) is 14.2 Å². The molecule has 3 aromatic carbocycles. The van der Waals surface area contributed by atoms with Gasteiger partial charge in [-0.2, -0.15) is 0 Å². The summed E-state index contributed by atoms with van der Waals surface area (Å²) in [6.07, 6.45) is 1.54. The number of esters is 1. The number of hydrogen-bond donors (Lipinski definition) is 0. The second-order valence-electron chi connectivity index (χ2n) is 7.55. The van der Waals surface area contributed by atoms with E-state index in [9.17, 15) is 14.4 Å². The Bertz CT molecular complexity index is 1360. The summed E-state index contributed by atoms with van der Waals surface area (Å²) in [7, 11) is 2.93. The van der Waals surface area contributed by atoms with Crippen LogP contribution in [-0.2, 0) is 11.3 Å². The molecule has 1 heterocycles. The van der Waals surface area contributed by atoms with Gasteiger partial charge in [-0.05, 0) is 77.5 Å². The average molecular weight is 544 g/mol. The van der Waals surface area contributed by atoms with Crippen molar-refractivity contribution < 1.29 is 28.6 Å². The summed E-state index contributed by atoms with van der Waals surface area (Å²) in [5, 5.41) is 0.281. The van der Waals surface area contributed by atoms with E-state index in [0.717, 1.165) is 22.2 Å². The van der Waals surface area contributed by atoms with E-state index in [1.165, 1.54) is 26.4 Å². The number of imide groups is 1. The molecule has 0 radical (unpaired) electrons. The zero-order valence-electron chi connectivity index (χ0n) is 19.1. The van der Waals surface area contributed by atoms with E-state index in [1.807, 2.05) is 0 Å². The van der Waals surface area contributed by atoms with Crippen molar-refractivity contribution in [3.05, 3.63) is 92.3 Å². The van der Waals surface area contributed by atoms with E-state index in [1.54, 1.807) is 54.6 Å². The van der Waals surface area contributed by atoms with E-state index in [4.69, 9.17) is 37.4 Å². The Morgan fingerprint density at radius 2 is 1.67 bits per heavy atom. The average Bonchev–Trinajstić information content (AvgIpc) is 3.13. The standard InChI is InChI=1S/C26H19Cl2NO6S/c1-33-19-9-5-17(6-10-19)25(31)35-23-20(28)11-16(12-21(23)34-2)13-22-24(30)29(26(32)36-22)14-15-3-7-18(27)8-4-15/h3-13H,14H2,1-2H3/b22-13-. The molecule has 0 aliphatic carbocycles. The fourth-order valence-corrected chi connectivity index (χ4v) is 4.58. The van der Waals surface area contributed by atoms with Gasteiger partial charge in [0.1, 0.15) is 5.75 Å². The first-order valence-electron chi connectivity index (χ1n) is 10.5. The molecule has 1 fully saturated rings. The number of methoxy groups -OCH3 is 2.